The molecule has 2 fully saturated rings. The standard InChI is InChI=1S/C28H26Cl2FN5O/c29-22-10-17(11-23(30)28(22)37)20-12-21-25(13-24(20)31)33-14-18(9-16-1-2-16)27(21)35-19-3-4-26(34-15-19)36-7-5-32-6-8-36/h3-4,10-16,32,37H,1-2,5-9H2,(H,33,35). The van der Waals surface area contributed by atoms with E-state index in [1.54, 1.807) is 6.07 Å². The minimum atomic E-state index is -0.444. The summed E-state index contributed by atoms with van der Waals surface area (Å²) in [6.07, 6.45) is 7.00. The van der Waals surface area contributed by atoms with E-state index in [9.17, 15) is 5.11 Å². The number of benzene rings is 2. The molecule has 1 aliphatic carbocycles. The maximum Gasteiger partial charge on any atom is 0.152 e. The fourth-order valence-electron chi connectivity index (χ4n) is 4.82. The van der Waals surface area contributed by atoms with Crippen LogP contribution in [0, 0.1) is 11.7 Å². The Labute approximate surface area is 224 Å². The smallest absolute Gasteiger partial charge is 0.152 e. The van der Waals surface area contributed by atoms with E-state index in [1.807, 2.05) is 24.5 Å². The molecule has 1 aliphatic heterocycles. The lowest BCUT2D eigenvalue weighted by atomic mass is 9.98. The molecule has 37 heavy (non-hydrogen) atoms. The molecule has 0 radical (unpaired) electrons. The van der Waals surface area contributed by atoms with Gasteiger partial charge in [0, 0.05) is 49.4 Å². The molecule has 0 unspecified atom stereocenters. The van der Waals surface area contributed by atoms with Crippen LogP contribution in [0.15, 0.2) is 48.8 Å². The number of halogens is 3. The number of piperazine rings is 1. The Hall–Kier alpha value is -3.13. The van der Waals surface area contributed by atoms with Crippen LogP contribution >= 0.6 is 23.2 Å². The lowest BCUT2D eigenvalue weighted by Crippen LogP contribution is -2.43. The number of aromatic nitrogens is 2. The van der Waals surface area contributed by atoms with Crippen molar-refractivity contribution in [2.75, 3.05) is 36.4 Å². The van der Waals surface area contributed by atoms with Gasteiger partial charge in [-0.05, 0) is 66.6 Å². The third-order valence-corrected chi connectivity index (χ3v) is 7.60. The number of rotatable bonds is 6. The summed E-state index contributed by atoms with van der Waals surface area (Å²) in [6, 6.07) is 10.3. The molecule has 190 valence electrons. The van der Waals surface area contributed by atoms with Crippen molar-refractivity contribution >= 4 is 51.3 Å². The molecule has 3 N–H and O–H groups in total. The molecule has 9 heteroatoms. The number of nitrogens with zero attached hydrogens (tertiary/aromatic N) is 3. The maximum atomic E-state index is 15.2. The first-order valence-corrected chi connectivity index (χ1v) is 13.2. The highest BCUT2D eigenvalue weighted by Crippen LogP contribution is 2.41. The summed E-state index contributed by atoms with van der Waals surface area (Å²) < 4.78 is 15.2. The van der Waals surface area contributed by atoms with E-state index >= 15 is 4.39 Å². The number of nitrogens with one attached hydrogen (secondary N) is 2. The molecule has 1 saturated heterocycles. The van der Waals surface area contributed by atoms with Crippen molar-refractivity contribution in [2.45, 2.75) is 19.3 Å². The molecular weight excluding hydrogens is 512 g/mol. The van der Waals surface area contributed by atoms with Crippen LogP contribution in [0.5, 0.6) is 5.75 Å². The molecule has 1 saturated carbocycles. The molecule has 0 bridgehead atoms. The second kappa shape index (κ2) is 9.97. The summed E-state index contributed by atoms with van der Waals surface area (Å²) in [5.74, 6) is 0.930. The molecule has 4 aromatic rings. The summed E-state index contributed by atoms with van der Waals surface area (Å²) in [5, 5.41) is 17.8. The zero-order valence-corrected chi connectivity index (χ0v) is 21.6. The van der Waals surface area contributed by atoms with Gasteiger partial charge in [-0.15, -0.1) is 0 Å². The Morgan fingerprint density at radius 1 is 1.03 bits per heavy atom. The number of fused-ring (bicyclic) bond motifs is 1. The molecule has 6 rings (SSSR count). The van der Waals surface area contributed by atoms with Gasteiger partial charge in [0.1, 0.15) is 11.6 Å². The van der Waals surface area contributed by atoms with Crippen molar-refractivity contribution in [3.8, 4) is 16.9 Å². The minimum absolute atomic E-state index is 0.0663. The quantitative estimate of drug-likeness (QED) is 0.259. The van der Waals surface area contributed by atoms with Gasteiger partial charge >= 0.3 is 0 Å². The molecule has 6 nitrogen and oxygen atoms in total. The summed E-state index contributed by atoms with van der Waals surface area (Å²) in [5.41, 5.74) is 4.19. The van der Waals surface area contributed by atoms with Crippen LogP contribution < -0.4 is 15.5 Å². The highest BCUT2D eigenvalue weighted by atomic mass is 35.5. The monoisotopic (exact) mass is 537 g/mol. The van der Waals surface area contributed by atoms with Gasteiger partial charge in [-0.2, -0.15) is 0 Å². The Morgan fingerprint density at radius 3 is 2.46 bits per heavy atom. The van der Waals surface area contributed by atoms with Gasteiger partial charge in [0.25, 0.3) is 0 Å². The number of phenols is 1. The zero-order valence-electron chi connectivity index (χ0n) is 20.1. The van der Waals surface area contributed by atoms with Crippen LogP contribution in [0.1, 0.15) is 18.4 Å². The molecule has 0 atom stereocenters. The Balaban J connectivity index is 1.42. The number of aromatic hydroxyl groups is 1. The summed E-state index contributed by atoms with van der Waals surface area (Å²) in [7, 11) is 0. The largest absolute Gasteiger partial charge is 0.505 e. The summed E-state index contributed by atoms with van der Waals surface area (Å²) in [4.78, 5) is 11.5. The first-order valence-electron chi connectivity index (χ1n) is 12.4. The molecule has 2 aromatic carbocycles. The predicted molar refractivity (Wildman–Crippen MR) is 148 cm³/mol. The fourth-order valence-corrected chi connectivity index (χ4v) is 5.30. The molecular formula is C28H26Cl2FN5O. The van der Waals surface area contributed by atoms with E-state index in [4.69, 9.17) is 28.2 Å². The number of pyridine rings is 2. The van der Waals surface area contributed by atoms with Crippen LogP contribution in [-0.4, -0.2) is 41.3 Å². The second-order valence-electron chi connectivity index (χ2n) is 9.71. The molecule has 3 heterocycles. The average molecular weight is 538 g/mol. The Morgan fingerprint density at radius 2 is 1.78 bits per heavy atom. The minimum Gasteiger partial charge on any atom is -0.505 e. The Kier molecular flexibility index (Phi) is 6.53. The number of hydrogen-bond acceptors (Lipinski definition) is 6. The van der Waals surface area contributed by atoms with Crippen LogP contribution in [0.2, 0.25) is 10.0 Å². The van der Waals surface area contributed by atoms with E-state index in [0.717, 1.165) is 60.7 Å². The van der Waals surface area contributed by atoms with E-state index in [-0.39, 0.29) is 15.8 Å². The highest BCUT2D eigenvalue weighted by molar-refractivity contribution is 6.37. The van der Waals surface area contributed by atoms with E-state index in [1.165, 1.54) is 31.0 Å². The predicted octanol–water partition coefficient (Wildman–Crippen LogP) is 6.55. The van der Waals surface area contributed by atoms with E-state index in [2.05, 4.69) is 20.5 Å². The average Bonchev–Trinajstić information content (AvgIpc) is 3.73. The summed E-state index contributed by atoms with van der Waals surface area (Å²) in [6.45, 7) is 3.76. The van der Waals surface area contributed by atoms with Gasteiger partial charge in [-0.1, -0.05) is 23.2 Å². The van der Waals surface area contributed by atoms with Crippen molar-refractivity contribution in [3.63, 3.8) is 0 Å². The summed E-state index contributed by atoms with van der Waals surface area (Å²) >= 11 is 12.3. The van der Waals surface area contributed by atoms with E-state index < -0.39 is 5.82 Å². The first-order chi connectivity index (χ1) is 18.0. The van der Waals surface area contributed by atoms with Crippen molar-refractivity contribution in [2.24, 2.45) is 5.92 Å². The normalized spacial score (nSPS) is 15.8. The van der Waals surface area contributed by atoms with Crippen molar-refractivity contribution in [3.05, 3.63) is 70.2 Å². The SMILES string of the molecule is Oc1c(Cl)cc(-c2cc3c(Nc4ccc(N5CCNCC5)nc4)c(CC4CC4)cnc3cc2F)cc1Cl. The highest BCUT2D eigenvalue weighted by Gasteiger charge is 2.24. The van der Waals surface area contributed by atoms with E-state index in [0.29, 0.717) is 22.6 Å². The maximum absolute atomic E-state index is 15.2. The third kappa shape index (κ3) is 5.04. The molecule has 2 aromatic heterocycles. The zero-order chi connectivity index (χ0) is 25.5. The number of anilines is 3. The number of hydrogen-bond donors (Lipinski definition) is 3. The van der Waals surface area contributed by atoms with Crippen molar-refractivity contribution in [1.82, 2.24) is 15.3 Å². The van der Waals surface area contributed by atoms with Crippen molar-refractivity contribution in [1.29, 1.82) is 0 Å². The van der Waals surface area contributed by atoms with Gasteiger partial charge in [0.05, 0.1) is 33.1 Å². The molecule has 0 spiro atoms. The van der Waals surface area contributed by atoms with Crippen LogP contribution in [0.3, 0.4) is 0 Å². The first kappa shape index (κ1) is 24.2. The van der Waals surface area contributed by atoms with Crippen molar-refractivity contribution < 1.29 is 9.50 Å². The second-order valence-corrected chi connectivity index (χ2v) is 10.5. The van der Waals surface area contributed by atoms with Crippen LogP contribution in [0.4, 0.5) is 21.6 Å². The number of phenolic OH excluding ortho intramolecular Hbond substituents is 1. The van der Waals surface area contributed by atoms with Crippen LogP contribution in [0.25, 0.3) is 22.0 Å². The van der Waals surface area contributed by atoms with Gasteiger partial charge in [0.15, 0.2) is 5.75 Å². The third-order valence-electron chi connectivity index (χ3n) is 7.03. The van der Waals surface area contributed by atoms with Gasteiger partial charge in [-0.3, -0.25) is 4.98 Å². The fraction of sp³-hybridized carbons (Fsp3) is 0.286. The van der Waals surface area contributed by atoms with Gasteiger partial charge < -0.3 is 20.6 Å². The molecule has 2 aliphatic rings. The van der Waals surface area contributed by atoms with Crippen LogP contribution in [-0.2, 0) is 6.42 Å². The topological polar surface area (TPSA) is 73.3 Å². The lowest BCUT2D eigenvalue weighted by Gasteiger charge is -2.28. The Bertz CT molecular complexity index is 1450. The van der Waals surface area contributed by atoms with Gasteiger partial charge in [-0.25, -0.2) is 9.37 Å². The lowest BCUT2D eigenvalue weighted by molar-refractivity contribution is 0.476. The van der Waals surface area contributed by atoms with Gasteiger partial charge in [0.2, 0.25) is 0 Å². The molecule has 0 amide bonds.